The number of nitrogens with two attached hydrogens (primary N) is 1. The van der Waals surface area contributed by atoms with Gasteiger partial charge in [0.2, 0.25) is 0 Å². The zero-order chi connectivity index (χ0) is 13.1. The number of benzene rings is 1. The van der Waals surface area contributed by atoms with Crippen LogP contribution in [0.4, 0.5) is 5.69 Å². The maximum atomic E-state index is 5.71. The van der Waals surface area contributed by atoms with Crippen molar-refractivity contribution in [3.63, 3.8) is 0 Å². The topological polar surface area (TPSA) is 62.3 Å². The van der Waals surface area contributed by atoms with Crippen molar-refractivity contribution in [2.75, 3.05) is 12.3 Å². The van der Waals surface area contributed by atoms with E-state index < -0.39 is 0 Å². The van der Waals surface area contributed by atoms with Crippen molar-refractivity contribution in [3.8, 4) is 11.5 Å². The monoisotopic (exact) mass is 259 g/mol. The molecule has 2 aromatic rings. The van der Waals surface area contributed by atoms with Crippen molar-refractivity contribution in [2.45, 2.75) is 25.5 Å². The van der Waals surface area contributed by atoms with Crippen LogP contribution in [0.3, 0.4) is 0 Å². The van der Waals surface area contributed by atoms with Crippen LogP contribution in [-0.4, -0.2) is 16.4 Å². The third-order valence-corrected chi connectivity index (χ3v) is 3.14. The molecule has 19 heavy (non-hydrogen) atoms. The summed E-state index contributed by atoms with van der Waals surface area (Å²) in [6.45, 7) is 0.804. The number of nitrogens with zero attached hydrogens (tertiary/aromatic N) is 2. The van der Waals surface area contributed by atoms with Crippen molar-refractivity contribution >= 4 is 5.69 Å². The van der Waals surface area contributed by atoms with Gasteiger partial charge in [0.15, 0.2) is 5.75 Å². The average Bonchev–Trinajstić information content (AvgIpc) is 2.91. The maximum absolute atomic E-state index is 5.71. The van der Waals surface area contributed by atoms with E-state index in [0.29, 0.717) is 5.75 Å². The predicted octanol–water partition coefficient (Wildman–Crippen LogP) is 2.96. The smallest absolute Gasteiger partial charge is 0.165 e. The Morgan fingerprint density at radius 1 is 1.21 bits per heavy atom. The number of hydrogen-bond acceptors (Lipinski definition) is 4. The highest BCUT2D eigenvalue weighted by Crippen LogP contribution is 2.26. The first-order valence-corrected chi connectivity index (χ1v) is 6.50. The molecule has 0 radical (unpaired) electrons. The number of hydrogen-bond donors (Lipinski definition) is 1. The summed E-state index contributed by atoms with van der Waals surface area (Å²) in [5.74, 6) is 1.46. The van der Waals surface area contributed by atoms with Crippen molar-refractivity contribution in [1.82, 2.24) is 9.78 Å². The van der Waals surface area contributed by atoms with E-state index in [1.54, 1.807) is 6.20 Å². The Balaban J connectivity index is 1.68. The van der Waals surface area contributed by atoms with Gasteiger partial charge in [0.05, 0.1) is 12.4 Å². The van der Waals surface area contributed by atoms with E-state index in [1.165, 1.54) is 6.42 Å². The molecule has 1 aliphatic rings. The molecule has 0 saturated carbocycles. The summed E-state index contributed by atoms with van der Waals surface area (Å²) in [4.78, 5) is 0. The molecule has 1 unspecified atom stereocenters. The molecule has 1 aromatic carbocycles. The van der Waals surface area contributed by atoms with Crippen molar-refractivity contribution in [1.29, 1.82) is 0 Å². The summed E-state index contributed by atoms with van der Waals surface area (Å²) in [5, 5.41) is 4.30. The summed E-state index contributed by atoms with van der Waals surface area (Å²) >= 11 is 0. The molecule has 1 aliphatic heterocycles. The van der Waals surface area contributed by atoms with Gasteiger partial charge in [0.1, 0.15) is 12.0 Å². The second-order valence-electron chi connectivity index (χ2n) is 4.65. The highest BCUT2D eigenvalue weighted by molar-refractivity contribution is 5.42. The minimum atomic E-state index is 0.0394. The van der Waals surface area contributed by atoms with Gasteiger partial charge in [-0.15, -0.1) is 0 Å². The van der Waals surface area contributed by atoms with Gasteiger partial charge in [0, 0.05) is 12.3 Å². The number of aromatic nitrogens is 2. The van der Waals surface area contributed by atoms with E-state index in [9.17, 15) is 0 Å². The molecule has 0 spiro atoms. The second kappa shape index (κ2) is 5.32. The molecule has 0 aliphatic carbocycles. The van der Waals surface area contributed by atoms with Crippen LogP contribution in [0.5, 0.6) is 11.5 Å². The van der Waals surface area contributed by atoms with E-state index in [1.807, 2.05) is 35.1 Å². The standard InChI is InChI=1S/C14H17N3O2/c15-11-4-6-12(7-5-11)19-13-9-16-17(10-13)14-3-1-2-8-18-14/h4-7,9-10,14H,1-3,8,15H2. The maximum Gasteiger partial charge on any atom is 0.165 e. The Kier molecular flexibility index (Phi) is 3.37. The summed E-state index contributed by atoms with van der Waals surface area (Å²) in [7, 11) is 0. The van der Waals surface area contributed by atoms with Gasteiger partial charge in [-0.1, -0.05) is 0 Å². The van der Waals surface area contributed by atoms with E-state index >= 15 is 0 Å². The lowest BCUT2D eigenvalue weighted by Crippen LogP contribution is -2.18. The Labute approximate surface area is 111 Å². The predicted molar refractivity (Wildman–Crippen MR) is 72.0 cm³/mol. The van der Waals surface area contributed by atoms with Crippen LogP contribution >= 0.6 is 0 Å². The van der Waals surface area contributed by atoms with Gasteiger partial charge in [-0.3, -0.25) is 0 Å². The minimum Gasteiger partial charge on any atom is -0.454 e. The molecule has 5 nitrogen and oxygen atoms in total. The Morgan fingerprint density at radius 3 is 2.79 bits per heavy atom. The number of anilines is 1. The minimum absolute atomic E-state index is 0.0394. The van der Waals surface area contributed by atoms with Gasteiger partial charge >= 0.3 is 0 Å². The second-order valence-corrected chi connectivity index (χ2v) is 4.65. The van der Waals surface area contributed by atoms with Crippen LogP contribution < -0.4 is 10.5 Å². The Morgan fingerprint density at radius 2 is 2.05 bits per heavy atom. The van der Waals surface area contributed by atoms with Crippen LogP contribution in [-0.2, 0) is 4.74 Å². The molecule has 3 rings (SSSR count). The molecule has 1 saturated heterocycles. The normalized spacial score (nSPS) is 19.3. The van der Waals surface area contributed by atoms with Crippen LogP contribution in [0.1, 0.15) is 25.5 Å². The first-order chi connectivity index (χ1) is 9.31. The summed E-state index contributed by atoms with van der Waals surface area (Å²) in [6, 6.07) is 7.29. The van der Waals surface area contributed by atoms with Gasteiger partial charge in [-0.25, -0.2) is 4.68 Å². The fraction of sp³-hybridized carbons (Fsp3) is 0.357. The lowest BCUT2D eigenvalue weighted by Gasteiger charge is -2.22. The largest absolute Gasteiger partial charge is 0.454 e. The number of rotatable bonds is 3. The van der Waals surface area contributed by atoms with Crippen molar-refractivity contribution in [3.05, 3.63) is 36.7 Å². The molecular weight excluding hydrogens is 242 g/mol. The van der Waals surface area contributed by atoms with Gasteiger partial charge < -0.3 is 15.2 Å². The molecule has 1 aromatic heterocycles. The summed E-state index contributed by atoms with van der Waals surface area (Å²) in [6.07, 6.45) is 6.92. The van der Waals surface area contributed by atoms with Gasteiger partial charge in [0.25, 0.3) is 0 Å². The first-order valence-electron chi connectivity index (χ1n) is 6.50. The first kappa shape index (κ1) is 12.0. The Bertz CT molecular complexity index is 530. The molecular formula is C14H17N3O2. The van der Waals surface area contributed by atoms with Crippen molar-refractivity contribution in [2.24, 2.45) is 0 Å². The SMILES string of the molecule is Nc1ccc(Oc2cnn(C3CCCCO3)c2)cc1. The summed E-state index contributed by atoms with van der Waals surface area (Å²) in [5.41, 5.74) is 6.35. The highest BCUT2D eigenvalue weighted by atomic mass is 16.5. The number of ether oxygens (including phenoxy) is 2. The Hall–Kier alpha value is -2.01. The molecule has 0 amide bonds. The lowest BCUT2D eigenvalue weighted by atomic mass is 10.2. The van der Waals surface area contributed by atoms with Gasteiger partial charge in [-0.05, 0) is 43.5 Å². The van der Waals surface area contributed by atoms with E-state index in [-0.39, 0.29) is 6.23 Å². The van der Waals surface area contributed by atoms with Crippen LogP contribution in [0.25, 0.3) is 0 Å². The van der Waals surface area contributed by atoms with Crippen LogP contribution in [0.2, 0.25) is 0 Å². The zero-order valence-corrected chi connectivity index (χ0v) is 10.7. The molecule has 1 fully saturated rings. The average molecular weight is 259 g/mol. The van der Waals surface area contributed by atoms with Gasteiger partial charge in [-0.2, -0.15) is 5.10 Å². The third kappa shape index (κ3) is 2.88. The summed E-state index contributed by atoms with van der Waals surface area (Å²) < 4.78 is 13.2. The van der Waals surface area contributed by atoms with E-state index in [2.05, 4.69) is 5.10 Å². The third-order valence-electron chi connectivity index (χ3n) is 3.14. The van der Waals surface area contributed by atoms with Crippen molar-refractivity contribution < 1.29 is 9.47 Å². The molecule has 0 bridgehead atoms. The fourth-order valence-electron chi connectivity index (χ4n) is 2.14. The quantitative estimate of drug-likeness (QED) is 0.861. The molecule has 100 valence electrons. The van der Waals surface area contributed by atoms with E-state index in [4.69, 9.17) is 15.2 Å². The fourth-order valence-corrected chi connectivity index (χ4v) is 2.14. The highest BCUT2D eigenvalue weighted by Gasteiger charge is 2.16. The lowest BCUT2D eigenvalue weighted by molar-refractivity contribution is -0.0395. The molecule has 1 atom stereocenters. The zero-order valence-electron chi connectivity index (χ0n) is 10.7. The molecule has 2 N–H and O–H groups in total. The van der Waals surface area contributed by atoms with Crippen LogP contribution in [0, 0.1) is 0 Å². The number of nitrogen functional groups attached to an aromatic ring is 1. The molecule has 2 heterocycles. The molecule has 5 heteroatoms. The van der Waals surface area contributed by atoms with Crippen LogP contribution in [0.15, 0.2) is 36.7 Å². The van der Waals surface area contributed by atoms with E-state index in [0.717, 1.165) is 30.9 Å².